The van der Waals surface area contributed by atoms with Crippen molar-refractivity contribution in [2.75, 3.05) is 6.54 Å². The molecule has 5 nitrogen and oxygen atoms in total. The molecule has 0 saturated carbocycles. The van der Waals surface area contributed by atoms with Gasteiger partial charge in [0.2, 0.25) is 0 Å². The predicted octanol–water partition coefficient (Wildman–Crippen LogP) is 5.38. The van der Waals surface area contributed by atoms with Gasteiger partial charge in [-0.25, -0.2) is 0 Å². The lowest BCUT2D eigenvalue weighted by Crippen LogP contribution is -2.29. The van der Waals surface area contributed by atoms with Gasteiger partial charge in [0.1, 0.15) is 15.8 Å². The Labute approximate surface area is 170 Å². The second kappa shape index (κ2) is 11.3. The quantitative estimate of drug-likeness (QED) is 0.284. The predicted molar refractivity (Wildman–Crippen MR) is 113 cm³/mol. The fourth-order valence-corrected chi connectivity index (χ4v) is 4.25. The maximum Gasteiger partial charge on any atom is 0.303 e. The molecule has 0 aliphatic carbocycles. The number of furan rings is 1. The fraction of sp³-hybridized carbons (Fsp3) is 0.550. The van der Waals surface area contributed by atoms with Gasteiger partial charge in [-0.3, -0.25) is 14.5 Å². The van der Waals surface area contributed by atoms with E-state index in [1.807, 2.05) is 19.1 Å². The van der Waals surface area contributed by atoms with Crippen molar-refractivity contribution in [2.24, 2.45) is 0 Å². The highest BCUT2D eigenvalue weighted by Crippen LogP contribution is 2.33. The number of nitrogens with zero attached hydrogens (tertiary/aromatic N) is 1. The molecule has 0 bridgehead atoms. The Morgan fingerprint density at radius 1 is 1.15 bits per heavy atom. The van der Waals surface area contributed by atoms with E-state index in [-0.39, 0.29) is 12.3 Å². The number of carboxylic acids is 1. The Bertz CT molecular complexity index is 696. The van der Waals surface area contributed by atoms with Crippen LogP contribution in [0.4, 0.5) is 0 Å². The molecule has 0 atom stereocenters. The summed E-state index contributed by atoms with van der Waals surface area (Å²) >= 11 is 6.68. The molecule has 0 aromatic carbocycles. The van der Waals surface area contributed by atoms with Crippen molar-refractivity contribution < 1.29 is 19.1 Å². The highest BCUT2D eigenvalue weighted by molar-refractivity contribution is 8.26. The Kier molecular flexibility index (Phi) is 9.07. The molecule has 0 spiro atoms. The molecule has 27 heavy (non-hydrogen) atoms. The van der Waals surface area contributed by atoms with Crippen molar-refractivity contribution in [2.45, 2.75) is 64.7 Å². The molecule has 1 fully saturated rings. The van der Waals surface area contributed by atoms with E-state index in [0.29, 0.717) is 21.5 Å². The van der Waals surface area contributed by atoms with Crippen LogP contribution in [0.2, 0.25) is 0 Å². The van der Waals surface area contributed by atoms with Crippen LogP contribution in [0.3, 0.4) is 0 Å². The van der Waals surface area contributed by atoms with Crippen LogP contribution in [0, 0.1) is 6.92 Å². The van der Waals surface area contributed by atoms with E-state index < -0.39 is 5.97 Å². The zero-order chi connectivity index (χ0) is 19.6. The van der Waals surface area contributed by atoms with Gasteiger partial charge in [0, 0.05) is 19.0 Å². The number of amides is 1. The number of carbonyl (C=O) groups is 2. The highest BCUT2D eigenvalue weighted by atomic mass is 32.2. The van der Waals surface area contributed by atoms with Crippen LogP contribution < -0.4 is 0 Å². The van der Waals surface area contributed by atoms with E-state index in [9.17, 15) is 9.59 Å². The number of hydrogen-bond donors (Lipinski definition) is 1. The number of carbonyl (C=O) groups excluding carboxylic acids is 1. The molecule has 1 aromatic rings. The van der Waals surface area contributed by atoms with Crippen LogP contribution in [-0.4, -0.2) is 32.7 Å². The first-order valence-corrected chi connectivity index (χ1v) is 10.7. The summed E-state index contributed by atoms with van der Waals surface area (Å²) in [5.41, 5.74) is 0. The minimum Gasteiger partial charge on any atom is -0.481 e. The molecule has 2 rings (SSSR count). The van der Waals surface area contributed by atoms with E-state index in [2.05, 4.69) is 0 Å². The number of rotatable bonds is 12. The van der Waals surface area contributed by atoms with E-state index in [1.165, 1.54) is 11.8 Å². The van der Waals surface area contributed by atoms with Gasteiger partial charge in [-0.1, -0.05) is 62.5 Å². The number of hydrogen-bond acceptors (Lipinski definition) is 5. The summed E-state index contributed by atoms with van der Waals surface area (Å²) in [5, 5.41) is 8.58. The van der Waals surface area contributed by atoms with Crippen LogP contribution in [0.5, 0.6) is 0 Å². The molecule has 1 aromatic heterocycles. The van der Waals surface area contributed by atoms with Crippen LogP contribution in [0.25, 0.3) is 6.08 Å². The average Bonchev–Trinajstić information content (AvgIpc) is 3.13. The summed E-state index contributed by atoms with van der Waals surface area (Å²) < 4.78 is 6.12. The van der Waals surface area contributed by atoms with Crippen LogP contribution in [0.15, 0.2) is 21.5 Å². The smallest absolute Gasteiger partial charge is 0.303 e. The molecular weight excluding hydrogens is 382 g/mol. The molecule has 2 heterocycles. The van der Waals surface area contributed by atoms with E-state index in [0.717, 1.165) is 57.1 Å². The summed E-state index contributed by atoms with van der Waals surface area (Å²) in [6, 6.07) is 3.72. The Hall–Kier alpha value is -1.60. The minimum atomic E-state index is -0.709. The first-order chi connectivity index (χ1) is 13.0. The standard InChI is InChI=1S/C20H27NO4S2/c1-15-11-12-16(25-15)14-17-19(24)21(20(26)27-17)13-9-7-5-3-2-4-6-8-10-18(22)23/h11-12,14H,2-10,13H2,1H3,(H,22,23). The van der Waals surface area contributed by atoms with Crippen molar-refractivity contribution in [1.82, 2.24) is 4.90 Å². The lowest BCUT2D eigenvalue weighted by Gasteiger charge is -2.14. The monoisotopic (exact) mass is 409 g/mol. The van der Waals surface area contributed by atoms with Crippen molar-refractivity contribution in [3.63, 3.8) is 0 Å². The molecule has 1 aliphatic rings. The Morgan fingerprint density at radius 3 is 2.37 bits per heavy atom. The second-order valence-electron chi connectivity index (χ2n) is 6.75. The summed E-state index contributed by atoms with van der Waals surface area (Å²) in [6.07, 6.45) is 10.3. The number of carboxylic acid groups (broad SMARTS) is 1. The first kappa shape index (κ1) is 21.7. The van der Waals surface area contributed by atoms with Crippen molar-refractivity contribution in [3.8, 4) is 0 Å². The molecule has 1 saturated heterocycles. The van der Waals surface area contributed by atoms with E-state index in [1.54, 1.807) is 11.0 Å². The number of thiocarbonyl (C=S) groups is 1. The molecule has 148 valence electrons. The molecule has 0 radical (unpaired) electrons. The van der Waals surface area contributed by atoms with Gasteiger partial charge in [-0.15, -0.1) is 0 Å². The maximum absolute atomic E-state index is 12.5. The van der Waals surface area contributed by atoms with Gasteiger partial charge in [0.05, 0.1) is 4.91 Å². The lowest BCUT2D eigenvalue weighted by molar-refractivity contribution is -0.137. The topological polar surface area (TPSA) is 70.8 Å². The summed E-state index contributed by atoms with van der Waals surface area (Å²) in [5.74, 6) is 0.757. The number of unbranched alkanes of at least 4 members (excludes halogenated alkanes) is 7. The van der Waals surface area contributed by atoms with Crippen LogP contribution in [-0.2, 0) is 9.59 Å². The third-order valence-electron chi connectivity index (χ3n) is 4.43. The van der Waals surface area contributed by atoms with Gasteiger partial charge in [0.25, 0.3) is 5.91 Å². The first-order valence-electron chi connectivity index (χ1n) is 9.51. The van der Waals surface area contributed by atoms with Gasteiger partial charge in [-0.05, 0) is 31.9 Å². The number of aryl methyl sites for hydroxylation is 1. The van der Waals surface area contributed by atoms with Crippen LogP contribution in [0.1, 0.15) is 69.3 Å². The Balaban J connectivity index is 1.61. The summed E-state index contributed by atoms with van der Waals surface area (Å²) in [4.78, 5) is 25.2. The Morgan fingerprint density at radius 2 is 1.78 bits per heavy atom. The maximum atomic E-state index is 12.5. The third kappa shape index (κ3) is 7.50. The SMILES string of the molecule is Cc1ccc(C=C2SC(=S)N(CCCCCCCCCCC(=O)O)C2=O)o1. The number of aliphatic carboxylic acids is 1. The molecule has 1 amide bonds. The normalized spacial score (nSPS) is 15.9. The average molecular weight is 410 g/mol. The molecule has 1 N–H and O–H groups in total. The van der Waals surface area contributed by atoms with Gasteiger partial charge in [-0.2, -0.15) is 0 Å². The molecule has 1 aliphatic heterocycles. The third-order valence-corrected chi connectivity index (χ3v) is 5.81. The highest BCUT2D eigenvalue weighted by Gasteiger charge is 2.31. The zero-order valence-electron chi connectivity index (χ0n) is 15.7. The molecular formula is C20H27NO4S2. The minimum absolute atomic E-state index is 0.0301. The van der Waals surface area contributed by atoms with E-state index in [4.69, 9.17) is 21.7 Å². The summed E-state index contributed by atoms with van der Waals surface area (Å²) in [7, 11) is 0. The fourth-order valence-electron chi connectivity index (χ4n) is 2.96. The molecule has 7 heteroatoms. The summed E-state index contributed by atoms with van der Waals surface area (Å²) in [6.45, 7) is 2.54. The zero-order valence-corrected chi connectivity index (χ0v) is 17.4. The second-order valence-corrected chi connectivity index (χ2v) is 8.43. The van der Waals surface area contributed by atoms with Gasteiger partial charge < -0.3 is 9.52 Å². The molecule has 0 unspecified atom stereocenters. The van der Waals surface area contributed by atoms with Crippen molar-refractivity contribution in [3.05, 3.63) is 28.6 Å². The van der Waals surface area contributed by atoms with Gasteiger partial charge in [0.15, 0.2) is 0 Å². The van der Waals surface area contributed by atoms with Gasteiger partial charge >= 0.3 is 5.97 Å². The largest absolute Gasteiger partial charge is 0.481 e. The lowest BCUT2D eigenvalue weighted by atomic mass is 10.1. The van der Waals surface area contributed by atoms with Crippen LogP contribution >= 0.6 is 24.0 Å². The van der Waals surface area contributed by atoms with E-state index >= 15 is 0 Å². The number of thioether (sulfide) groups is 1. The van der Waals surface area contributed by atoms with Crippen molar-refractivity contribution in [1.29, 1.82) is 0 Å². The van der Waals surface area contributed by atoms with Crippen molar-refractivity contribution >= 4 is 46.3 Å².